The fraction of sp³-hybridized carbons (Fsp3) is 0.400. The van der Waals surface area contributed by atoms with Crippen molar-refractivity contribution < 1.29 is 29.3 Å². The largest absolute Gasteiger partial charge is 0.462 e. The molecule has 0 aromatic heterocycles. The van der Waals surface area contributed by atoms with Gasteiger partial charge in [0, 0.05) is 18.6 Å². The molecule has 0 aliphatic heterocycles. The molecular formula is C20H24O6. The molecule has 0 aliphatic carbocycles. The lowest BCUT2D eigenvalue weighted by Gasteiger charge is -2.11. The molecule has 0 spiro atoms. The van der Waals surface area contributed by atoms with E-state index in [1.165, 1.54) is 0 Å². The van der Waals surface area contributed by atoms with Gasteiger partial charge in [-0.3, -0.25) is 0 Å². The van der Waals surface area contributed by atoms with Crippen LogP contribution < -0.4 is 0 Å². The van der Waals surface area contributed by atoms with Crippen LogP contribution in [-0.4, -0.2) is 48.6 Å². The SMILES string of the molecule is O=C(OCCCCO)c1cccc2cccc(C(=O)OCCCCO)c12. The number of carbonyl (C=O) groups is 2. The molecule has 2 aromatic carbocycles. The summed E-state index contributed by atoms with van der Waals surface area (Å²) in [7, 11) is 0. The van der Waals surface area contributed by atoms with Gasteiger partial charge in [0.1, 0.15) is 0 Å². The monoisotopic (exact) mass is 360 g/mol. The Bertz CT molecular complexity index is 681. The molecule has 2 aromatic rings. The number of esters is 2. The molecule has 26 heavy (non-hydrogen) atoms. The molecule has 140 valence electrons. The maximum absolute atomic E-state index is 12.4. The minimum atomic E-state index is -0.505. The van der Waals surface area contributed by atoms with Crippen LogP contribution in [0, 0.1) is 0 Å². The number of unbranched alkanes of at least 4 members (excludes halogenated alkanes) is 2. The number of hydrogen-bond acceptors (Lipinski definition) is 6. The smallest absolute Gasteiger partial charge is 0.338 e. The summed E-state index contributed by atoms with van der Waals surface area (Å²) in [6, 6.07) is 10.4. The Morgan fingerprint density at radius 3 is 1.62 bits per heavy atom. The highest BCUT2D eigenvalue weighted by atomic mass is 16.5. The Labute approximate surface area is 152 Å². The van der Waals surface area contributed by atoms with Gasteiger partial charge < -0.3 is 19.7 Å². The molecule has 2 N–H and O–H groups in total. The van der Waals surface area contributed by atoms with E-state index in [1.807, 2.05) is 12.1 Å². The zero-order chi connectivity index (χ0) is 18.8. The second-order valence-electron chi connectivity index (χ2n) is 5.84. The van der Waals surface area contributed by atoms with Crippen LogP contribution in [0.1, 0.15) is 46.4 Å². The standard InChI is InChI=1S/C20H24O6/c21-11-1-3-13-25-19(23)16-9-5-7-15-8-6-10-17(18(15)16)20(24)26-14-4-2-12-22/h5-10,21-22H,1-4,11-14H2. The number of fused-ring (bicyclic) bond motifs is 1. The average molecular weight is 360 g/mol. The zero-order valence-corrected chi connectivity index (χ0v) is 14.6. The molecule has 2 rings (SSSR count). The first-order valence-corrected chi connectivity index (χ1v) is 8.76. The van der Waals surface area contributed by atoms with Crippen molar-refractivity contribution in [3.8, 4) is 0 Å². The van der Waals surface area contributed by atoms with E-state index in [0.29, 0.717) is 42.2 Å². The molecule has 0 bridgehead atoms. The summed E-state index contributed by atoms with van der Waals surface area (Å²) in [5, 5.41) is 18.8. The molecule has 6 heteroatoms. The van der Waals surface area contributed by atoms with E-state index in [2.05, 4.69) is 0 Å². The lowest BCUT2D eigenvalue weighted by Crippen LogP contribution is -2.12. The van der Waals surface area contributed by atoms with Crippen molar-refractivity contribution in [3.05, 3.63) is 47.5 Å². The van der Waals surface area contributed by atoms with E-state index in [1.54, 1.807) is 24.3 Å². The van der Waals surface area contributed by atoms with Crippen molar-refractivity contribution in [3.63, 3.8) is 0 Å². The van der Waals surface area contributed by atoms with Gasteiger partial charge in [-0.05, 0) is 43.2 Å². The average Bonchev–Trinajstić information content (AvgIpc) is 2.67. The van der Waals surface area contributed by atoms with Gasteiger partial charge in [0.2, 0.25) is 0 Å². The van der Waals surface area contributed by atoms with Gasteiger partial charge in [-0.25, -0.2) is 9.59 Å². The predicted molar refractivity (Wildman–Crippen MR) is 97.2 cm³/mol. The van der Waals surface area contributed by atoms with E-state index in [9.17, 15) is 9.59 Å². The molecule has 0 amide bonds. The van der Waals surface area contributed by atoms with E-state index >= 15 is 0 Å². The summed E-state index contributed by atoms with van der Waals surface area (Å²) in [5.74, 6) is -1.01. The zero-order valence-electron chi connectivity index (χ0n) is 14.6. The number of aliphatic hydroxyl groups is 2. The van der Waals surface area contributed by atoms with Crippen LogP contribution in [-0.2, 0) is 9.47 Å². The summed E-state index contributed by atoms with van der Waals surface area (Å²) in [4.78, 5) is 24.9. The summed E-state index contributed by atoms with van der Waals surface area (Å²) >= 11 is 0. The highest BCUT2D eigenvalue weighted by molar-refractivity contribution is 6.13. The van der Waals surface area contributed by atoms with Crippen molar-refractivity contribution in [2.75, 3.05) is 26.4 Å². The van der Waals surface area contributed by atoms with Gasteiger partial charge in [0.25, 0.3) is 0 Å². The van der Waals surface area contributed by atoms with E-state index in [0.717, 1.165) is 5.39 Å². The van der Waals surface area contributed by atoms with Crippen molar-refractivity contribution in [2.24, 2.45) is 0 Å². The molecular weight excluding hydrogens is 336 g/mol. The second kappa shape index (κ2) is 10.5. The molecule has 0 heterocycles. The van der Waals surface area contributed by atoms with Crippen molar-refractivity contribution in [1.82, 2.24) is 0 Å². The van der Waals surface area contributed by atoms with Crippen molar-refractivity contribution >= 4 is 22.7 Å². The van der Waals surface area contributed by atoms with Gasteiger partial charge >= 0.3 is 11.9 Å². The summed E-state index contributed by atoms with van der Waals surface area (Å²) < 4.78 is 10.5. The van der Waals surface area contributed by atoms with Crippen molar-refractivity contribution in [2.45, 2.75) is 25.7 Å². The lowest BCUT2D eigenvalue weighted by atomic mass is 9.99. The number of rotatable bonds is 10. The fourth-order valence-electron chi connectivity index (χ4n) is 2.59. The third kappa shape index (κ3) is 5.28. The fourth-order valence-corrected chi connectivity index (χ4v) is 2.59. The number of carbonyl (C=O) groups excluding carboxylic acids is 2. The Balaban J connectivity index is 2.22. The third-order valence-electron chi connectivity index (χ3n) is 3.92. The maximum atomic E-state index is 12.4. The summed E-state index contributed by atoms with van der Waals surface area (Å²) in [6.45, 7) is 0.531. The normalized spacial score (nSPS) is 10.7. The molecule has 0 radical (unpaired) electrons. The van der Waals surface area contributed by atoms with Gasteiger partial charge in [0.15, 0.2) is 0 Å². The lowest BCUT2D eigenvalue weighted by molar-refractivity contribution is 0.0494. The quantitative estimate of drug-likeness (QED) is 0.500. The van der Waals surface area contributed by atoms with Crippen LogP contribution in [0.5, 0.6) is 0 Å². The van der Waals surface area contributed by atoms with Gasteiger partial charge in [-0.15, -0.1) is 0 Å². The molecule has 0 saturated heterocycles. The predicted octanol–water partition coefficient (Wildman–Crippen LogP) is 2.70. The van der Waals surface area contributed by atoms with Crippen LogP contribution in [0.3, 0.4) is 0 Å². The molecule has 6 nitrogen and oxygen atoms in total. The number of benzene rings is 2. The molecule has 0 saturated carbocycles. The highest BCUT2D eigenvalue weighted by Crippen LogP contribution is 2.25. The Hall–Kier alpha value is -2.44. The summed E-state index contributed by atoms with van der Waals surface area (Å²) in [6.07, 6.45) is 2.28. The third-order valence-corrected chi connectivity index (χ3v) is 3.92. The van der Waals surface area contributed by atoms with E-state index in [4.69, 9.17) is 19.7 Å². The van der Waals surface area contributed by atoms with Crippen LogP contribution in [0.25, 0.3) is 10.8 Å². The molecule has 0 fully saturated rings. The van der Waals surface area contributed by atoms with E-state index in [-0.39, 0.29) is 26.4 Å². The number of ether oxygens (including phenoxy) is 2. The van der Waals surface area contributed by atoms with E-state index < -0.39 is 11.9 Å². The van der Waals surface area contributed by atoms with Gasteiger partial charge in [-0.1, -0.05) is 24.3 Å². The van der Waals surface area contributed by atoms with Crippen LogP contribution in [0.2, 0.25) is 0 Å². The minimum Gasteiger partial charge on any atom is -0.462 e. The maximum Gasteiger partial charge on any atom is 0.338 e. The first-order valence-electron chi connectivity index (χ1n) is 8.76. The van der Waals surface area contributed by atoms with Gasteiger partial charge in [-0.2, -0.15) is 0 Å². The van der Waals surface area contributed by atoms with Crippen molar-refractivity contribution in [1.29, 1.82) is 0 Å². The van der Waals surface area contributed by atoms with Crippen LogP contribution in [0.15, 0.2) is 36.4 Å². The summed E-state index contributed by atoms with van der Waals surface area (Å²) in [5.41, 5.74) is 0.629. The second-order valence-corrected chi connectivity index (χ2v) is 5.84. The first kappa shape index (κ1) is 19.9. The van der Waals surface area contributed by atoms with Crippen LogP contribution in [0.4, 0.5) is 0 Å². The Morgan fingerprint density at radius 2 is 1.19 bits per heavy atom. The topological polar surface area (TPSA) is 93.1 Å². The Morgan fingerprint density at radius 1 is 0.731 bits per heavy atom. The molecule has 0 unspecified atom stereocenters. The number of hydrogen-bond donors (Lipinski definition) is 2. The number of aliphatic hydroxyl groups excluding tert-OH is 2. The Kier molecular flexibility index (Phi) is 8.05. The van der Waals surface area contributed by atoms with Gasteiger partial charge in [0.05, 0.1) is 24.3 Å². The van der Waals surface area contributed by atoms with Crippen LogP contribution >= 0.6 is 0 Å². The minimum absolute atomic E-state index is 0.0537. The molecule has 0 aliphatic rings. The first-order chi connectivity index (χ1) is 12.7. The highest BCUT2D eigenvalue weighted by Gasteiger charge is 2.18. The molecule has 0 atom stereocenters.